The van der Waals surface area contributed by atoms with E-state index < -0.39 is 6.09 Å². The highest BCUT2D eigenvalue weighted by atomic mass is 16.6. The summed E-state index contributed by atoms with van der Waals surface area (Å²) in [6, 6.07) is 0. The molecule has 2 N–H and O–H groups in total. The van der Waals surface area contributed by atoms with Crippen LogP contribution in [0.25, 0.3) is 0 Å². The van der Waals surface area contributed by atoms with Gasteiger partial charge in [-0.3, -0.25) is 0 Å². The molecule has 0 aliphatic heterocycles. The topological polar surface area (TPSA) is 52.3 Å². The molecule has 148 valence electrons. The lowest BCUT2D eigenvalue weighted by Crippen LogP contribution is -2.50. The predicted molar refractivity (Wildman–Crippen MR) is 107 cm³/mol. The SMILES string of the molecule is CC.CC1CCC2C3CC=C4CC(OC(N)=O)CC[C@@]4(C)C3CC[C@@]12C. The lowest BCUT2D eigenvalue weighted by atomic mass is 9.47. The van der Waals surface area contributed by atoms with Crippen LogP contribution in [0, 0.1) is 34.5 Å². The Hall–Kier alpha value is -0.990. The number of carbonyl (C=O) groups is 1. The second kappa shape index (κ2) is 7.20. The Morgan fingerprint density at radius 3 is 2.54 bits per heavy atom. The highest BCUT2D eigenvalue weighted by Crippen LogP contribution is 2.66. The molecule has 3 saturated carbocycles. The number of amides is 1. The van der Waals surface area contributed by atoms with Crippen molar-refractivity contribution in [1.82, 2.24) is 0 Å². The van der Waals surface area contributed by atoms with Crippen LogP contribution in [0.5, 0.6) is 0 Å². The summed E-state index contributed by atoms with van der Waals surface area (Å²) in [6.45, 7) is 11.6. The molecule has 1 amide bonds. The molecule has 0 heterocycles. The first-order chi connectivity index (χ1) is 12.3. The molecule has 0 aromatic rings. The zero-order chi connectivity index (χ0) is 19.1. The van der Waals surface area contributed by atoms with E-state index in [2.05, 4.69) is 26.8 Å². The third-order valence-electron chi connectivity index (χ3n) is 8.82. The van der Waals surface area contributed by atoms with E-state index in [1.807, 2.05) is 13.8 Å². The van der Waals surface area contributed by atoms with Crippen molar-refractivity contribution in [2.75, 3.05) is 0 Å². The minimum Gasteiger partial charge on any atom is -0.446 e. The average Bonchev–Trinajstić information content (AvgIpc) is 2.92. The van der Waals surface area contributed by atoms with Crippen LogP contribution >= 0.6 is 0 Å². The normalized spacial score (nSPS) is 46.7. The predicted octanol–water partition coefficient (Wildman–Crippen LogP) is 6.08. The van der Waals surface area contributed by atoms with Crippen molar-refractivity contribution < 1.29 is 9.53 Å². The van der Waals surface area contributed by atoms with E-state index in [4.69, 9.17) is 10.5 Å². The van der Waals surface area contributed by atoms with Gasteiger partial charge >= 0.3 is 6.09 Å². The van der Waals surface area contributed by atoms with Crippen molar-refractivity contribution in [3.05, 3.63) is 11.6 Å². The molecular formula is C23H39NO2. The van der Waals surface area contributed by atoms with E-state index in [-0.39, 0.29) is 6.10 Å². The zero-order valence-electron chi connectivity index (χ0n) is 17.5. The average molecular weight is 362 g/mol. The Kier molecular flexibility index (Phi) is 5.48. The van der Waals surface area contributed by atoms with Crippen molar-refractivity contribution in [3.8, 4) is 0 Å². The molecule has 7 atom stereocenters. The Balaban J connectivity index is 0.000000948. The van der Waals surface area contributed by atoms with E-state index in [9.17, 15) is 4.79 Å². The fourth-order valence-electron chi connectivity index (χ4n) is 7.16. The van der Waals surface area contributed by atoms with Gasteiger partial charge in [0.05, 0.1) is 0 Å². The van der Waals surface area contributed by atoms with Gasteiger partial charge in [-0.2, -0.15) is 0 Å². The van der Waals surface area contributed by atoms with Gasteiger partial charge in [-0.05, 0) is 79.4 Å². The number of hydrogen-bond donors (Lipinski definition) is 1. The Bertz CT molecular complexity index is 571. The molecule has 0 aromatic heterocycles. The third-order valence-corrected chi connectivity index (χ3v) is 8.82. The summed E-state index contributed by atoms with van der Waals surface area (Å²) in [7, 11) is 0. The molecule has 3 heteroatoms. The lowest BCUT2D eigenvalue weighted by Gasteiger charge is -2.58. The van der Waals surface area contributed by atoms with E-state index in [0.29, 0.717) is 10.8 Å². The van der Waals surface area contributed by atoms with Crippen LogP contribution in [0.4, 0.5) is 4.79 Å². The van der Waals surface area contributed by atoms with Crippen LogP contribution in [0.15, 0.2) is 11.6 Å². The summed E-state index contributed by atoms with van der Waals surface area (Å²) in [5, 5.41) is 0. The lowest BCUT2D eigenvalue weighted by molar-refractivity contribution is -0.0482. The van der Waals surface area contributed by atoms with Crippen molar-refractivity contribution in [1.29, 1.82) is 0 Å². The first kappa shape index (κ1) is 19.8. The summed E-state index contributed by atoms with van der Waals surface area (Å²) in [4.78, 5) is 11.1. The summed E-state index contributed by atoms with van der Waals surface area (Å²) in [5.41, 5.74) is 7.69. The molecule has 4 aliphatic rings. The summed E-state index contributed by atoms with van der Waals surface area (Å²) >= 11 is 0. The minimum atomic E-state index is -0.619. The number of nitrogens with two attached hydrogens (primary N) is 1. The van der Waals surface area contributed by atoms with Gasteiger partial charge in [0, 0.05) is 6.42 Å². The van der Waals surface area contributed by atoms with Gasteiger partial charge in [0.1, 0.15) is 6.10 Å². The second-order valence-electron chi connectivity index (χ2n) is 9.58. The molecule has 4 rings (SSSR count). The van der Waals surface area contributed by atoms with Crippen LogP contribution in [-0.4, -0.2) is 12.2 Å². The molecule has 4 aliphatic carbocycles. The third kappa shape index (κ3) is 2.99. The summed E-state index contributed by atoms with van der Waals surface area (Å²) < 4.78 is 5.32. The molecule has 0 bridgehead atoms. The molecule has 5 unspecified atom stereocenters. The number of fused-ring (bicyclic) bond motifs is 5. The maximum absolute atomic E-state index is 11.1. The number of primary amides is 1. The first-order valence-electron chi connectivity index (χ1n) is 11.0. The van der Waals surface area contributed by atoms with E-state index in [0.717, 1.165) is 42.9 Å². The standard InChI is InChI=1S/C21H33NO2.C2H6/c1-13-4-7-17-16-6-5-14-12-15(24-19(22)23)8-10-21(14,3)18(16)9-11-20(13,17)2;1-2/h5,13,15-18H,4,6-12H2,1-3H3,(H2,22,23);1-2H3/t13?,15?,16?,17?,18?,20-,21+;/m0./s1. The van der Waals surface area contributed by atoms with Crippen LogP contribution < -0.4 is 5.73 Å². The van der Waals surface area contributed by atoms with Crippen molar-refractivity contribution >= 4 is 6.09 Å². The van der Waals surface area contributed by atoms with Gasteiger partial charge in [-0.25, -0.2) is 4.79 Å². The van der Waals surface area contributed by atoms with Crippen LogP contribution in [-0.2, 0) is 4.74 Å². The van der Waals surface area contributed by atoms with Crippen molar-refractivity contribution in [2.24, 2.45) is 40.2 Å². The summed E-state index contributed by atoms with van der Waals surface area (Å²) in [6.07, 6.45) is 11.8. The summed E-state index contributed by atoms with van der Waals surface area (Å²) in [5.74, 6) is 3.51. The van der Waals surface area contributed by atoms with Crippen LogP contribution in [0.2, 0.25) is 0 Å². The fourth-order valence-corrected chi connectivity index (χ4v) is 7.16. The molecular weight excluding hydrogens is 322 g/mol. The van der Waals surface area contributed by atoms with Gasteiger partial charge in [-0.15, -0.1) is 0 Å². The zero-order valence-corrected chi connectivity index (χ0v) is 17.5. The minimum absolute atomic E-state index is 0.00117. The van der Waals surface area contributed by atoms with Gasteiger partial charge in [0.25, 0.3) is 0 Å². The molecule has 0 aromatic carbocycles. The number of carbonyl (C=O) groups excluding carboxylic acids is 1. The maximum atomic E-state index is 11.1. The number of hydrogen-bond acceptors (Lipinski definition) is 2. The number of allylic oxidation sites excluding steroid dienone is 1. The van der Waals surface area contributed by atoms with Gasteiger partial charge in [-0.1, -0.05) is 46.3 Å². The fraction of sp³-hybridized carbons (Fsp3) is 0.870. The monoisotopic (exact) mass is 361 g/mol. The molecule has 0 spiro atoms. The maximum Gasteiger partial charge on any atom is 0.404 e. The largest absolute Gasteiger partial charge is 0.446 e. The van der Waals surface area contributed by atoms with Crippen molar-refractivity contribution in [2.45, 2.75) is 92.1 Å². The van der Waals surface area contributed by atoms with Gasteiger partial charge < -0.3 is 10.5 Å². The Morgan fingerprint density at radius 1 is 1.12 bits per heavy atom. The Morgan fingerprint density at radius 2 is 1.85 bits per heavy atom. The molecule has 26 heavy (non-hydrogen) atoms. The highest BCUT2D eigenvalue weighted by molar-refractivity contribution is 5.64. The van der Waals surface area contributed by atoms with E-state index in [1.165, 1.54) is 32.1 Å². The second-order valence-corrected chi connectivity index (χ2v) is 9.58. The molecule has 3 nitrogen and oxygen atoms in total. The molecule has 0 saturated heterocycles. The molecule has 0 radical (unpaired) electrons. The van der Waals surface area contributed by atoms with Crippen LogP contribution in [0.3, 0.4) is 0 Å². The smallest absolute Gasteiger partial charge is 0.404 e. The quantitative estimate of drug-likeness (QED) is 0.576. The first-order valence-corrected chi connectivity index (χ1v) is 11.0. The van der Waals surface area contributed by atoms with Crippen LogP contribution in [0.1, 0.15) is 86.0 Å². The highest BCUT2D eigenvalue weighted by Gasteiger charge is 2.57. The Labute approximate surface area is 160 Å². The van der Waals surface area contributed by atoms with E-state index in [1.54, 1.807) is 5.57 Å². The number of rotatable bonds is 1. The number of ether oxygens (including phenoxy) is 1. The van der Waals surface area contributed by atoms with Crippen molar-refractivity contribution in [3.63, 3.8) is 0 Å². The molecule has 3 fully saturated rings. The van der Waals surface area contributed by atoms with Gasteiger partial charge in [0.15, 0.2) is 0 Å². The van der Waals surface area contributed by atoms with E-state index >= 15 is 0 Å². The van der Waals surface area contributed by atoms with Gasteiger partial charge in [0.2, 0.25) is 0 Å².